The number of thioether (sulfide) groups is 1. The van der Waals surface area contributed by atoms with Gasteiger partial charge < -0.3 is 4.90 Å². The Hall–Kier alpha value is -1.75. The van der Waals surface area contributed by atoms with E-state index in [2.05, 4.69) is 24.2 Å². The molecule has 3 rings (SSSR count). The molecule has 0 saturated carbocycles. The van der Waals surface area contributed by atoms with Gasteiger partial charge in [0.1, 0.15) is 0 Å². The molecule has 1 atom stereocenters. The molecule has 2 aromatic rings. The summed E-state index contributed by atoms with van der Waals surface area (Å²) in [5, 5.41) is 4.95. The molecule has 0 radical (unpaired) electrons. The van der Waals surface area contributed by atoms with Gasteiger partial charge in [0.25, 0.3) is 0 Å². The van der Waals surface area contributed by atoms with Crippen molar-refractivity contribution in [3.63, 3.8) is 0 Å². The summed E-state index contributed by atoms with van der Waals surface area (Å²) in [7, 11) is 1.93. The number of carbonyl (C=O) groups excluding carboxylic acids is 1. The van der Waals surface area contributed by atoms with Crippen LogP contribution in [0.4, 0.5) is 5.69 Å². The molecule has 1 aliphatic heterocycles. The lowest BCUT2D eigenvalue weighted by atomic mass is 10.1. The summed E-state index contributed by atoms with van der Waals surface area (Å²) < 4.78 is 1.85. The first-order valence-electron chi connectivity index (χ1n) is 8.02. The quantitative estimate of drug-likeness (QED) is 0.846. The molecule has 5 heteroatoms. The van der Waals surface area contributed by atoms with Gasteiger partial charge in [0.15, 0.2) is 0 Å². The number of hydrogen-bond donors (Lipinski definition) is 0. The van der Waals surface area contributed by atoms with Crippen molar-refractivity contribution in [2.75, 3.05) is 11.4 Å². The summed E-state index contributed by atoms with van der Waals surface area (Å²) in [6.45, 7) is 7.01. The van der Waals surface area contributed by atoms with Gasteiger partial charge in [0.2, 0.25) is 5.91 Å². The summed E-state index contributed by atoms with van der Waals surface area (Å²) in [6, 6.07) is 8.22. The van der Waals surface area contributed by atoms with Crippen LogP contribution in [0.1, 0.15) is 30.3 Å². The number of aromatic nitrogens is 2. The molecular weight excluding hydrogens is 306 g/mol. The van der Waals surface area contributed by atoms with Gasteiger partial charge in [-0.15, -0.1) is 11.8 Å². The van der Waals surface area contributed by atoms with Gasteiger partial charge in [0.05, 0.1) is 17.8 Å². The Kier molecular flexibility index (Phi) is 4.48. The average molecular weight is 329 g/mol. The summed E-state index contributed by atoms with van der Waals surface area (Å²) in [4.78, 5) is 16.1. The highest BCUT2D eigenvalue weighted by molar-refractivity contribution is 8.00. The third-order valence-electron chi connectivity index (χ3n) is 4.53. The maximum Gasteiger partial charge on any atom is 0.231 e. The van der Waals surface area contributed by atoms with E-state index in [1.54, 1.807) is 0 Å². The normalized spacial score (nSPS) is 17.7. The minimum absolute atomic E-state index is 0.159. The maximum atomic E-state index is 13.0. The number of anilines is 1. The van der Waals surface area contributed by atoms with E-state index in [1.165, 1.54) is 4.90 Å². The number of rotatable bonds is 2. The molecule has 0 bridgehead atoms. The van der Waals surface area contributed by atoms with E-state index in [4.69, 9.17) is 0 Å². The van der Waals surface area contributed by atoms with Crippen molar-refractivity contribution >= 4 is 23.4 Å². The fraction of sp³-hybridized carbons (Fsp3) is 0.444. The van der Waals surface area contributed by atoms with Crippen LogP contribution in [0, 0.1) is 13.8 Å². The number of hydrogen-bond acceptors (Lipinski definition) is 3. The molecule has 1 unspecified atom stereocenters. The van der Waals surface area contributed by atoms with Crippen LogP contribution in [0.5, 0.6) is 0 Å². The summed E-state index contributed by atoms with van der Waals surface area (Å²) in [6.07, 6.45) is 1.43. The average Bonchev–Trinajstić information content (AvgIpc) is 2.68. The Morgan fingerprint density at radius 2 is 2.09 bits per heavy atom. The van der Waals surface area contributed by atoms with Gasteiger partial charge in [-0.25, -0.2) is 0 Å². The lowest BCUT2D eigenvalue weighted by Crippen LogP contribution is -2.33. The number of aryl methyl sites for hydroxylation is 2. The van der Waals surface area contributed by atoms with Crippen molar-refractivity contribution in [3.05, 3.63) is 41.2 Å². The molecular formula is C18H23N3OS. The third kappa shape index (κ3) is 3.15. The standard InChI is InChI=1S/C18H23N3OS/c1-12-9-10-21(16-7-5-6-8-17(16)23-12)18(22)11-15-13(2)19-20(4)14(15)3/h5-8,12H,9-11H2,1-4H3. The predicted octanol–water partition coefficient (Wildman–Crippen LogP) is 3.50. The summed E-state index contributed by atoms with van der Waals surface area (Å²) in [5.74, 6) is 0.159. The van der Waals surface area contributed by atoms with E-state index in [0.717, 1.165) is 35.6 Å². The van der Waals surface area contributed by atoms with Crippen LogP contribution < -0.4 is 4.90 Å². The van der Waals surface area contributed by atoms with Crippen LogP contribution in [0.2, 0.25) is 0 Å². The fourth-order valence-electron chi connectivity index (χ4n) is 3.07. The van der Waals surface area contributed by atoms with E-state index in [0.29, 0.717) is 11.7 Å². The Bertz CT molecular complexity index is 738. The molecule has 0 N–H and O–H groups in total. The SMILES string of the molecule is Cc1nn(C)c(C)c1CC(=O)N1CCC(C)Sc2ccccc21. The number of nitrogens with zero attached hydrogens (tertiary/aromatic N) is 3. The second-order valence-electron chi connectivity index (χ2n) is 6.18. The smallest absolute Gasteiger partial charge is 0.231 e. The monoisotopic (exact) mass is 329 g/mol. The van der Waals surface area contributed by atoms with E-state index >= 15 is 0 Å². The first kappa shape index (κ1) is 16.1. The van der Waals surface area contributed by atoms with E-state index in [-0.39, 0.29) is 5.91 Å². The third-order valence-corrected chi connectivity index (χ3v) is 5.77. The van der Waals surface area contributed by atoms with Crippen LogP contribution in [0.25, 0.3) is 0 Å². The highest BCUT2D eigenvalue weighted by Gasteiger charge is 2.25. The minimum atomic E-state index is 0.159. The Balaban J connectivity index is 1.90. The van der Waals surface area contributed by atoms with Gasteiger partial charge in [-0.3, -0.25) is 9.48 Å². The lowest BCUT2D eigenvalue weighted by Gasteiger charge is -2.22. The zero-order chi connectivity index (χ0) is 16.6. The highest BCUT2D eigenvalue weighted by atomic mass is 32.2. The molecule has 2 heterocycles. The first-order chi connectivity index (χ1) is 11.0. The van der Waals surface area contributed by atoms with Crippen LogP contribution in [-0.4, -0.2) is 27.5 Å². The maximum absolute atomic E-state index is 13.0. The molecule has 1 aromatic heterocycles. The fourth-order valence-corrected chi connectivity index (χ4v) is 4.18. The van der Waals surface area contributed by atoms with E-state index < -0.39 is 0 Å². The largest absolute Gasteiger partial charge is 0.311 e. The number of fused-ring (bicyclic) bond motifs is 1. The molecule has 0 spiro atoms. The van der Waals surface area contributed by atoms with Gasteiger partial charge in [0, 0.05) is 35.0 Å². The van der Waals surface area contributed by atoms with Crippen LogP contribution in [0.15, 0.2) is 29.2 Å². The second kappa shape index (κ2) is 6.40. The lowest BCUT2D eigenvalue weighted by molar-refractivity contribution is -0.118. The van der Waals surface area contributed by atoms with Gasteiger partial charge in [-0.05, 0) is 32.4 Å². The van der Waals surface area contributed by atoms with Crippen LogP contribution in [-0.2, 0) is 18.3 Å². The number of para-hydroxylation sites is 1. The number of amides is 1. The minimum Gasteiger partial charge on any atom is -0.311 e. The molecule has 0 fully saturated rings. The van der Waals surface area contributed by atoms with Gasteiger partial charge >= 0.3 is 0 Å². The van der Waals surface area contributed by atoms with Gasteiger partial charge in [-0.1, -0.05) is 19.1 Å². The predicted molar refractivity (Wildman–Crippen MR) is 95.1 cm³/mol. The van der Waals surface area contributed by atoms with Crippen molar-refractivity contribution in [2.45, 2.75) is 43.8 Å². The van der Waals surface area contributed by atoms with Gasteiger partial charge in [-0.2, -0.15) is 5.10 Å². The zero-order valence-corrected chi connectivity index (χ0v) is 15.0. The molecule has 122 valence electrons. The number of benzene rings is 1. The molecule has 0 aliphatic carbocycles. The Labute approximate surface area is 141 Å². The van der Waals surface area contributed by atoms with Crippen LogP contribution in [0.3, 0.4) is 0 Å². The second-order valence-corrected chi connectivity index (χ2v) is 7.66. The summed E-state index contributed by atoms with van der Waals surface area (Å²) >= 11 is 1.86. The van der Waals surface area contributed by atoms with Crippen molar-refractivity contribution in [3.8, 4) is 0 Å². The molecule has 0 saturated heterocycles. The topological polar surface area (TPSA) is 38.1 Å². The molecule has 4 nitrogen and oxygen atoms in total. The molecule has 1 aromatic carbocycles. The molecule has 23 heavy (non-hydrogen) atoms. The van der Waals surface area contributed by atoms with Crippen molar-refractivity contribution in [1.82, 2.24) is 9.78 Å². The Morgan fingerprint density at radius 3 is 2.78 bits per heavy atom. The highest BCUT2D eigenvalue weighted by Crippen LogP contribution is 2.37. The van der Waals surface area contributed by atoms with Crippen molar-refractivity contribution < 1.29 is 4.79 Å². The van der Waals surface area contributed by atoms with Crippen molar-refractivity contribution in [2.24, 2.45) is 7.05 Å². The molecule has 1 amide bonds. The van der Waals surface area contributed by atoms with Crippen LogP contribution >= 0.6 is 11.8 Å². The number of carbonyl (C=O) groups is 1. The summed E-state index contributed by atoms with van der Waals surface area (Å²) in [5.41, 5.74) is 4.12. The Morgan fingerprint density at radius 1 is 1.35 bits per heavy atom. The van der Waals surface area contributed by atoms with Crippen molar-refractivity contribution in [1.29, 1.82) is 0 Å². The zero-order valence-electron chi connectivity index (χ0n) is 14.2. The molecule has 1 aliphatic rings. The first-order valence-corrected chi connectivity index (χ1v) is 8.90. The van der Waals surface area contributed by atoms with E-state index in [1.807, 2.05) is 54.4 Å². The van der Waals surface area contributed by atoms with E-state index in [9.17, 15) is 4.79 Å².